The third-order valence-electron chi connectivity index (χ3n) is 2.93. The fourth-order valence-corrected chi connectivity index (χ4v) is 2.68. The molecule has 0 amide bonds. The van der Waals surface area contributed by atoms with Gasteiger partial charge in [0.05, 0.1) is 0 Å². The molecular formula is C18H19NS. The number of hydrogen-bond donors (Lipinski definition) is 0. The number of hydrogen-bond acceptors (Lipinski definition) is 2. The highest BCUT2D eigenvalue weighted by Gasteiger charge is 2.07. The predicted octanol–water partition coefficient (Wildman–Crippen LogP) is 5.44. The lowest BCUT2D eigenvalue weighted by Gasteiger charge is -2.13. The molecule has 1 aromatic carbocycles. The second-order valence-corrected chi connectivity index (χ2v) is 5.72. The first-order valence-electron chi connectivity index (χ1n) is 6.69. The van der Waals surface area contributed by atoms with E-state index in [-0.39, 0.29) is 0 Å². The lowest BCUT2D eigenvalue weighted by molar-refractivity contribution is 0.829. The molecular weight excluding hydrogens is 262 g/mol. The molecule has 1 aromatic heterocycles. The minimum Gasteiger partial charge on any atom is -0.250 e. The van der Waals surface area contributed by atoms with E-state index in [0.717, 1.165) is 11.4 Å². The van der Waals surface area contributed by atoms with Crippen LogP contribution >= 0.6 is 11.8 Å². The Balaban J connectivity index is 2.06. The third kappa shape index (κ3) is 4.71. The molecule has 1 unspecified atom stereocenters. The molecule has 1 nitrogen and oxygen atoms in total. The van der Waals surface area contributed by atoms with Crippen LogP contribution in [0.5, 0.6) is 0 Å². The Morgan fingerprint density at radius 3 is 2.60 bits per heavy atom. The van der Waals surface area contributed by atoms with Crippen LogP contribution in [0.4, 0.5) is 0 Å². The van der Waals surface area contributed by atoms with Crippen LogP contribution in [0.2, 0.25) is 0 Å². The Kier molecular flexibility index (Phi) is 5.63. The summed E-state index contributed by atoms with van der Waals surface area (Å²) in [6.07, 6.45) is 5.03. The van der Waals surface area contributed by atoms with Crippen molar-refractivity contribution in [3.8, 4) is 0 Å². The van der Waals surface area contributed by atoms with Gasteiger partial charge in [0.25, 0.3) is 0 Å². The number of rotatable bonds is 6. The van der Waals surface area contributed by atoms with Crippen LogP contribution in [-0.2, 0) is 0 Å². The molecule has 0 N–H and O–H groups in total. The summed E-state index contributed by atoms with van der Waals surface area (Å²) >= 11 is 1.65. The second kappa shape index (κ2) is 7.71. The summed E-state index contributed by atoms with van der Waals surface area (Å²) < 4.78 is 0. The van der Waals surface area contributed by atoms with Crippen molar-refractivity contribution in [2.45, 2.75) is 24.3 Å². The minimum absolute atomic E-state index is 0.380. The monoisotopic (exact) mass is 281 g/mol. The van der Waals surface area contributed by atoms with Gasteiger partial charge in [0.2, 0.25) is 0 Å². The number of aromatic nitrogens is 1. The van der Waals surface area contributed by atoms with Gasteiger partial charge in [-0.05, 0) is 36.4 Å². The van der Waals surface area contributed by atoms with Crippen LogP contribution in [0.1, 0.15) is 24.8 Å². The Morgan fingerprint density at radius 1 is 1.20 bits per heavy atom. The molecule has 0 saturated heterocycles. The number of pyridine rings is 1. The van der Waals surface area contributed by atoms with Crippen molar-refractivity contribution in [1.29, 1.82) is 0 Å². The summed E-state index contributed by atoms with van der Waals surface area (Å²) in [5.74, 6) is 0.380. The molecule has 0 aliphatic carbocycles. The van der Waals surface area contributed by atoms with Gasteiger partial charge in [0.15, 0.2) is 0 Å². The van der Waals surface area contributed by atoms with Gasteiger partial charge in [-0.25, -0.2) is 4.98 Å². The maximum absolute atomic E-state index is 4.30. The largest absolute Gasteiger partial charge is 0.250 e. The van der Waals surface area contributed by atoms with Crippen LogP contribution in [0.3, 0.4) is 0 Å². The number of allylic oxidation sites excluding steroid dienone is 2. The Morgan fingerprint density at radius 2 is 1.95 bits per heavy atom. The highest BCUT2D eigenvalue weighted by molar-refractivity contribution is 8.02. The van der Waals surface area contributed by atoms with Crippen molar-refractivity contribution in [3.63, 3.8) is 0 Å². The summed E-state index contributed by atoms with van der Waals surface area (Å²) in [7, 11) is 0. The first-order valence-corrected chi connectivity index (χ1v) is 7.57. The van der Waals surface area contributed by atoms with Crippen molar-refractivity contribution in [3.05, 3.63) is 83.9 Å². The van der Waals surface area contributed by atoms with E-state index in [9.17, 15) is 0 Å². The molecule has 0 aliphatic heterocycles. The van der Waals surface area contributed by atoms with Crippen molar-refractivity contribution >= 4 is 11.8 Å². The molecule has 0 aliphatic rings. The predicted molar refractivity (Wildman–Crippen MR) is 87.8 cm³/mol. The maximum Gasteiger partial charge on any atom is 0.100 e. The summed E-state index contributed by atoms with van der Waals surface area (Å²) in [4.78, 5) is 4.30. The Labute approximate surface area is 125 Å². The molecule has 20 heavy (non-hydrogen) atoms. The first-order chi connectivity index (χ1) is 9.75. The lowest BCUT2D eigenvalue weighted by Crippen LogP contribution is -1.95. The number of benzene rings is 1. The fraction of sp³-hybridized carbons (Fsp3) is 0.167. The molecule has 1 atom stereocenters. The zero-order valence-corrected chi connectivity index (χ0v) is 12.5. The summed E-state index contributed by atoms with van der Waals surface area (Å²) in [6.45, 7) is 6.11. The third-order valence-corrected chi connectivity index (χ3v) is 3.71. The molecule has 1 heterocycles. The molecule has 0 bridgehead atoms. The zero-order valence-electron chi connectivity index (χ0n) is 11.7. The van der Waals surface area contributed by atoms with Crippen LogP contribution in [0, 0.1) is 0 Å². The van der Waals surface area contributed by atoms with Gasteiger partial charge in [-0.3, -0.25) is 0 Å². The van der Waals surface area contributed by atoms with Crippen molar-refractivity contribution in [2.24, 2.45) is 0 Å². The summed E-state index contributed by atoms with van der Waals surface area (Å²) in [6, 6.07) is 16.5. The van der Waals surface area contributed by atoms with Crippen LogP contribution in [0.25, 0.3) is 0 Å². The molecule has 2 rings (SSSR count). The molecule has 0 saturated carbocycles. The normalized spacial score (nSPS) is 12.4. The maximum atomic E-state index is 4.30. The van der Waals surface area contributed by atoms with Gasteiger partial charge in [0.1, 0.15) is 5.03 Å². The standard InChI is InChI=1S/C18H19NS/c1-15(2)14-17(16-8-4-3-5-9-16)11-13-20-18-10-6-7-12-19-18/h3-13,17H,1,14H2,2H3/b13-11+. The molecule has 0 radical (unpaired) electrons. The molecule has 102 valence electrons. The smallest absolute Gasteiger partial charge is 0.100 e. The van der Waals surface area contributed by atoms with E-state index in [1.807, 2.05) is 30.5 Å². The summed E-state index contributed by atoms with van der Waals surface area (Å²) in [5.41, 5.74) is 2.53. The van der Waals surface area contributed by atoms with E-state index >= 15 is 0 Å². The second-order valence-electron chi connectivity index (χ2n) is 4.79. The quantitative estimate of drug-likeness (QED) is 0.516. The van der Waals surface area contributed by atoms with E-state index in [0.29, 0.717) is 5.92 Å². The average molecular weight is 281 g/mol. The van der Waals surface area contributed by atoms with Gasteiger partial charge in [-0.15, -0.1) is 6.58 Å². The van der Waals surface area contributed by atoms with E-state index < -0.39 is 0 Å². The van der Waals surface area contributed by atoms with Gasteiger partial charge in [-0.2, -0.15) is 0 Å². The topological polar surface area (TPSA) is 12.9 Å². The zero-order chi connectivity index (χ0) is 14.2. The van der Waals surface area contributed by atoms with Gasteiger partial charge < -0.3 is 0 Å². The Hall–Kier alpha value is -1.80. The number of nitrogens with zero attached hydrogens (tertiary/aromatic N) is 1. The first kappa shape index (κ1) is 14.6. The molecule has 0 fully saturated rings. The van der Waals surface area contributed by atoms with Crippen LogP contribution in [-0.4, -0.2) is 4.98 Å². The highest BCUT2D eigenvalue weighted by atomic mass is 32.2. The van der Waals surface area contributed by atoms with Crippen molar-refractivity contribution in [1.82, 2.24) is 4.98 Å². The van der Waals surface area contributed by atoms with E-state index in [1.165, 1.54) is 11.1 Å². The highest BCUT2D eigenvalue weighted by Crippen LogP contribution is 2.26. The van der Waals surface area contributed by atoms with E-state index in [4.69, 9.17) is 0 Å². The Bertz CT molecular complexity index is 560. The molecule has 0 spiro atoms. The molecule has 2 aromatic rings. The van der Waals surface area contributed by atoms with Gasteiger partial charge in [-0.1, -0.05) is 59.8 Å². The SMILES string of the molecule is C=C(C)CC(/C=C/Sc1ccccn1)c1ccccc1. The van der Waals surface area contributed by atoms with E-state index in [1.54, 1.807) is 11.8 Å². The van der Waals surface area contributed by atoms with Gasteiger partial charge in [0, 0.05) is 12.1 Å². The lowest BCUT2D eigenvalue weighted by atomic mass is 9.93. The summed E-state index contributed by atoms with van der Waals surface area (Å²) in [5, 5.41) is 3.15. The van der Waals surface area contributed by atoms with Crippen LogP contribution < -0.4 is 0 Å². The average Bonchev–Trinajstić information content (AvgIpc) is 2.48. The van der Waals surface area contributed by atoms with Gasteiger partial charge >= 0.3 is 0 Å². The van der Waals surface area contributed by atoms with E-state index in [2.05, 4.69) is 54.2 Å². The minimum atomic E-state index is 0.380. The number of thioether (sulfide) groups is 1. The fourth-order valence-electron chi connectivity index (χ4n) is 1.99. The van der Waals surface area contributed by atoms with Crippen molar-refractivity contribution < 1.29 is 0 Å². The van der Waals surface area contributed by atoms with Crippen LogP contribution in [0.15, 0.2) is 83.4 Å². The van der Waals surface area contributed by atoms with Crippen molar-refractivity contribution in [2.75, 3.05) is 0 Å². The molecule has 2 heteroatoms.